The second-order valence-corrected chi connectivity index (χ2v) is 7.13. The first kappa shape index (κ1) is 14.7. The molecular formula is C16H15FN2O2S. The number of sulfonamides is 1. The molecule has 2 N–H and O–H groups in total. The average molecular weight is 318 g/mol. The second kappa shape index (κ2) is 5.50. The normalized spacial score (nSPS) is 14.5. The topological polar surface area (TPSA) is 62.0 Å². The van der Waals surface area contributed by atoms with Crippen LogP contribution in [-0.2, 0) is 16.4 Å². The summed E-state index contributed by atoms with van der Waals surface area (Å²) in [4.78, 5) is 3.06. The fourth-order valence-corrected chi connectivity index (χ4v) is 3.30. The highest BCUT2D eigenvalue weighted by atomic mass is 32.2. The number of halogens is 1. The van der Waals surface area contributed by atoms with Gasteiger partial charge in [-0.3, -0.25) is 4.72 Å². The van der Waals surface area contributed by atoms with Gasteiger partial charge in [0.1, 0.15) is 10.7 Å². The van der Waals surface area contributed by atoms with E-state index in [4.69, 9.17) is 6.42 Å². The third-order valence-electron chi connectivity index (χ3n) is 3.61. The van der Waals surface area contributed by atoms with Gasteiger partial charge in [0.15, 0.2) is 0 Å². The molecule has 1 heterocycles. The van der Waals surface area contributed by atoms with E-state index in [0.717, 1.165) is 18.2 Å². The van der Waals surface area contributed by atoms with Crippen LogP contribution in [0.2, 0.25) is 0 Å². The Kier molecular flexibility index (Phi) is 3.67. The Bertz CT molecular complexity index is 845. The maximum atomic E-state index is 13.8. The maximum absolute atomic E-state index is 13.8. The predicted octanol–water partition coefficient (Wildman–Crippen LogP) is 2.89. The Morgan fingerprint density at radius 2 is 2.14 bits per heavy atom. The Balaban J connectivity index is 1.80. The van der Waals surface area contributed by atoms with Crippen molar-refractivity contribution in [2.75, 3.05) is 4.72 Å². The van der Waals surface area contributed by atoms with Crippen LogP contribution < -0.4 is 4.72 Å². The molecule has 4 nitrogen and oxygen atoms in total. The number of rotatable bonds is 5. The minimum Gasteiger partial charge on any atom is -0.364 e. The van der Waals surface area contributed by atoms with Gasteiger partial charge in [0.25, 0.3) is 10.0 Å². The van der Waals surface area contributed by atoms with Gasteiger partial charge in [0.05, 0.1) is 5.69 Å². The van der Waals surface area contributed by atoms with Gasteiger partial charge < -0.3 is 4.98 Å². The molecule has 1 aliphatic rings. The van der Waals surface area contributed by atoms with Gasteiger partial charge in [0.2, 0.25) is 0 Å². The summed E-state index contributed by atoms with van der Waals surface area (Å²) in [5.41, 5.74) is 1.11. The largest absolute Gasteiger partial charge is 0.364 e. The molecule has 0 atom stereocenters. The molecule has 0 amide bonds. The van der Waals surface area contributed by atoms with Crippen molar-refractivity contribution in [3.8, 4) is 12.3 Å². The van der Waals surface area contributed by atoms with E-state index in [0.29, 0.717) is 11.5 Å². The summed E-state index contributed by atoms with van der Waals surface area (Å²) in [6.45, 7) is 0. The first-order valence-corrected chi connectivity index (χ1v) is 8.42. The number of benzene rings is 1. The van der Waals surface area contributed by atoms with Crippen molar-refractivity contribution in [3.05, 3.63) is 47.5 Å². The van der Waals surface area contributed by atoms with Gasteiger partial charge in [-0.2, -0.15) is 0 Å². The average Bonchev–Trinajstić information content (AvgIpc) is 3.15. The molecule has 6 heteroatoms. The molecule has 1 aliphatic carbocycles. The quantitative estimate of drug-likeness (QED) is 0.833. The van der Waals surface area contributed by atoms with Crippen molar-refractivity contribution < 1.29 is 12.8 Å². The molecule has 22 heavy (non-hydrogen) atoms. The number of terminal acetylenes is 1. The van der Waals surface area contributed by atoms with Gasteiger partial charge in [-0.25, -0.2) is 12.8 Å². The van der Waals surface area contributed by atoms with Gasteiger partial charge in [0, 0.05) is 17.5 Å². The summed E-state index contributed by atoms with van der Waals surface area (Å²) in [7, 11) is -3.82. The van der Waals surface area contributed by atoms with Crippen LogP contribution in [0.15, 0.2) is 35.4 Å². The molecule has 3 rings (SSSR count). The summed E-state index contributed by atoms with van der Waals surface area (Å²) >= 11 is 0. The van der Waals surface area contributed by atoms with Crippen molar-refractivity contribution in [2.24, 2.45) is 5.92 Å². The van der Waals surface area contributed by atoms with Crippen molar-refractivity contribution in [2.45, 2.75) is 24.2 Å². The Morgan fingerprint density at radius 3 is 2.77 bits per heavy atom. The molecule has 2 aromatic rings. The molecule has 1 fully saturated rings. The number of aromatic amines is 1. The van der Waals surface area contributed by atoms with Crippen molar-refractivity contribution in [1.82, 2.24) is 4.98 Å². The first-order chi connectivity index (χ1) is 10.5. The number of anilines is 1. The lowest BCUT2D eigenvalue weighted by molar-refractivity contribution is 0.598. The van der Waals surface area contributed by atoms with E-state index in [1.165, 1.54) is 31.2 Å². The highest BCUT2D eigenvalue weighted by molar-refractivity contribution is 7.92. The molecule has 0 bridgehead atoms. The van der Waals surface area contributed by atoms with Crippen LogP contribution in [0.25, 0.3) is 0 Å². The molecule has 1 saturated carbocycles. The number of hydrogen-bond donors (Lipinski definition) is 2. The lowest BCUT2D eigenvalue weighted by Gasteiger charge is -2.07. The van der Waals surface area contributed by atoms with Crippen molar-refractivity contribution >= 4 is 15.7 Å². The van der Waals surface area contributed by atoms with E-state index in [2.05, 4.69) is 15.6 Å². The summed E-state index contributed by atoms with van der Waals surface area (Å²) in [6.07, 6.45) is 9.82. The lowest BCUT2D eigenvalue weighted by atomic mass is 10.2. The lowest BCUT2D eigenvalue weighted by Crippen LogP contribution is -2.13. The molecule has 0 aliphatic heterocycles. The number of hydrogen-bond acceptors (Lipinski definition) is 2. The van der Waals surface area contributed by atoms with E-state index < -0.39 is 15.8 Å². The van der Waals surface area contributed by atoms with Gasteiger partial charge in [-0.05, 0) is 49.4 Å². The molecule has 0 radical (unpaired) electrons. The highest BCUT2D eigenvalue weighted by Gasteiger charge is 2.24. The summed E-state index contributed by atoms with van der Waals surface area (Å²) < 4.78 is 40.7. The number of H-pyrrole nitrogens is 1. The smallest absolute Gasteiger partial charge is 0.263 e. The maximum Gasteiger partial charge on any atom is 0.263 e. The van der Waals surface area contributed by atoms with Crippen molar-refractivity contribution in [1.29, 1.82) is 0 Å². The molecule has 0 spiro atoms. The molecule has 1 aromatic heterocycles. The molecule has 0 saturated heterocycles. The van der Waals surface area contributed by atoms with Crippen LogP contribution in [0.1, 0.15) is 24.1 Å². The summed E-state index contributed by atoms with van der Waals surface area (Å²) in [5, 5.41) is 0. The fourth-order valence-electron chi connectivity index (χ4n) is 2.22. The summed E-state index contributed by atoms with van der Waals surface area (Å²) in [6, 6.07) is 5.51. The highest BCUT2D eigenvalue weighted by Crippen LogP contribution is 2.32. The van der Waals surface area contributed by atoms with Crippen LogP contribution >= 0.6 is 0 Å². The third kappa shape index (κ3) is 3.15. The fraction of sp³-hybridized carbons (Fsp3) is 0.250. The Hall–Kier alpha value is -2.26. The number of nitrogens with one attached hydrogen (secondary N) is 2. The van der Waals surface area contributed by atoms with Gasteiger partial charge in [-0.1, -0.05) is 5.92 Å². The van der Waals surface area contributed by atoms with E-state index >= 15 is 0 Å². The second-order valence-electron chi connectivity index (χ2n) is 5.45. The first-order valence-electron chi connectivity index (χ1n) is 6.94. The minimum absolute atomic E-state index is 0.101. The van der Waals surface area contributed by atoms with Gasteiger partial charge in [-0.15, -0.1) is 6.42 Å². The van der Waals surface area contributed by atoms with Crippen LogP contribution in [0.5, 0.6) is 0 Å². The van der Waals surface area contributed by atoms with E-state index in [9.17, 15) is 12.8 Å². The third-order valence-corrected chi connectivity index (χ3v) is 4.96. The Morgan fingerprint density at radius 1 is 1.36 bits per heavy atom. The molecular weight excluding hydrogens is 303 g/mol. The van der Waals surface area contributed by atoms with Crippen molar-refractivity contribution in [3.63, 3.8) is 0 Å². The zero-order valence-electron chi connectivity index (χ0n) is 11.8. The van der Waals surface area contributed by atoms with Crippen LogP contribution in [0, 0.1) is 24.1 Å². The van der Waals surface area contributed by atoms with Crippen LogP contribution in [0.3, 0.4) is 0 Å². The van der Waals surface area contributed by atoms with E-state index in [1.54, 1.807) is 6.07 Å². The van der Waals surface area contributed by atoms with E-state index in [-0.39, 0.29) is 10.6 Å². The minimum atomic E-state index is -3.82. The number of aromatic nitrogens is 1. The van der Waals surface area contributed by atoms with E-state index in [1.807, 2.05) is 0 Å². The molecule has 0 unspecified atom stereocenters. The Labute approximate surface area is 128 Å². The molecule has 114 valence electrons. The van der Waals surface area contributed by atoms with Crippen LogP contribution in [-0.4, -0.2) is 13.4 Å². The zero-order chi connectivity index (χ0) is 15.7. The predicted molar refractivity (Wildman–Crippen MR) is 82.4 cm³/mol. The summed E-state index contributed by atoms with van der Waals surface area (Å²) in [5.74, 6) is 2.24. The SMILES string of the molecule is C#Cc1ccc(NS(=O)(=O)c2c[nH]c(CC3CC3)c2)c(F)c1. The van der Waals surface area contributed by atoms with Gasteiger partial charge >= 0.3 is 0 Å². The standard InChI is InChI=1S/C16H15FN2O2S/c1-2-11-5-6-16(15(17)8-11)19-22(20,21)14-9-13(18-10-14)7-12-3-4-12/h1,5-6,8-10,12,18-19H,3-4,7H2. The zero-order valence-corrected chi connectivity index (χ0v) is 12.6. The monoisotopic (exact) mass is 318 g/mol. The molecule has 1 aromatic carbocycles. The van der Waals surface area contributed by atoms with Crippen LogP contribution in [0.4, 0.5) is 10.1 Å².